The van der Waals surface area contributed by atoms with Crippen LogP contribution in [0.25, 0.3) is 0 Å². The van der Waals surface area contributed by atoms with Gasteiger partial charge in [0.15, 0.2) is 0 Å². The van der Waals surface area contributed by atoms with E-state index in [1.54, 1.807) is 0 Å². The first-order valence-electron chi connectivity index (χ1n) is 11.4. The summed E-state index contributed by atoms with van der Waals surface area (Å²) < 4.78 is 14.2. The van der Waals surface area contributed by atoms with Gasteiger partial charge in [-0.1, -0.05) is 76.2 Å². The van der Waals surface area contributed by atoms with Gasteiger partial charge in [0.2, 0.25) is 0 Å². The Kier molecular flexibility index (Phi) is 11.1. The van der Waals surface area contributed by atoms with Crippen LogP contribution in [0, 0.1) is 17.8 Å². The average Bonchev–Trinajstić information content (AvgIpc) is 2.67. The maximum Gasteiger partial charge on any atom is 0.363 e. The van der Waals surface area contributed by atoms with E-state index in [2.05, 4.69) is 79.0 Å². The van der Waals surface area contributed by atoms with Gasteiger partial charge < -0.3 is 17.1 Å². The van der Waals surface area contributed by atoms with Crippen LogP contribution in [0.4, 0.5) is 0 Å². The molecule has 0 saturated heterocycles. The molecule has 0 aliphatic heterocycles. The van der Waals surface area contributed by atoms with Gasteiger partial charge in [-0.25, -0.2) is 0 Å². The molecule has 0 fully saturated rings. The number of halogens is 1. The zero-order valence-corrected chi connectivity index (χ0v) is 21.2. The van der Waals surface area contributed by atoms with Crippen LogP contribution in [0.5, 0.6) is 5.75 Å². The molecule has 2 aromatic rings. The van der Waals surface area contributed by atoms with Crippen molar-refractivity contribution in [2.45, 2.75) is 59.9 Å². The van der Waals surface area contributed by atoms with Crippen LogP contribution < -0.4 is 17.1 Å². The molecule has 0 saturated carbocycles. The molecule has 0 N–H and O–H groups in total. The summed E-state index contributed by atoms with van der Waals surface area (Å²) in [5, 5.41) is 0. The minimum absolute atomic E-state index is 0. The smallest absolute Gasteiger partial charge is 0.363 e. The third-order valence-electron chi connectivity index (χ3n) is 5.65. The standard InChI is InChI=1S/C27H42NO2.ClH/c1-8-29-27(30-26-17-13-10-14-18-26,25(19-22(2)3)20-23(4)5)28(6,7)21-24-15-11-9-12-16-24;/h9-18,22-23,25H,8,19-21H2,1-7H3;1H/q+1;/p-1. The Morgan fingerprint density at radius 2 is 1.29 bits per heavy atom. The van der Waals surface area contributed by atoms with Gasteiger partial charge in [0.1, 0.15) is 12.3 Å². The van der Waals surface area contributed by atoms with Crippen molar-refractivity contribution in [2.24, 2.45) is 17.8 Å². The van der Waals surface area contributed by atoms with Crippen LogP contribution in [0.1, 0.15) is 53.0 Å². The number of hydrogen-bond acceptors (Lipinski definition) is 2. The first kappa shape index (κ1) is 27.5. The van der Waals surface area contributed by atoms with E-state index in [1.165, 1.54) is 5.56 Å². The highest BCUT2D eigenvalue weighted by atomic mass is 35.5. The summed E-state index contributed by atoms with van der Waals surface area (Å²) in [5.74, 6) is 1.47. The molecule has 0 aliphatic carbocycles. The van der Waals surface area contributed by atoms with Gasteiger partial charge in [0, 0.05) is 5.56 Å². The molecule has 1 unspecified atom stereocenters. The summed E-state index contributed by atoms with van der Waals surface area (Å²) in [7, 11) is 4.50. The highest BCUT2D eigenvalue weighted by molar-refractivity contribution is 5.21. The molecule has 174 valence electrons. The highest BCUT2D eigenvalue weighted by Crippen LogP contribution is 2.41. The third-order valence-corrected chi connectivity index (χ3v) is 5.65. The van der Waals surface area contributed by atoms with Gasteiger partial charge >= 0.3 is 5.91 Å². The first-order valence-corrected chi connectivity index (χ1v) is 11.4. The lowest BCUT2D eigenvalue weighted by molar-refractivity contribution is -1.01. The van der Waals surface area contributed by atoms with Gasteiger partial charge in [-0.2, -0.15) is 0 Å². The number of para-hydroxylation sites is 1. The van der Waals surface area contributed by atoms with E-state index in [1.807, 2.05) is 30.3 Å². The quantitative estimate of drug-likeness (QED) is 0.364. The van der Waals surface area contributed by atoms with Crippen molar-refractivity contribution in [1.82, 2.24) is 0 Å². The lowest BCUT2D eigenvalue weighted by Crippen LogP contribution is -3.00. The number of benzene rings is 2. The predicted molar refractivity (Wildman–Crippen MR) is 126 cm³/mol. The van der Waals surface area contributed by atoms with Crippen LogP contribution in [0.3, 0.4) is 0 Å². The number of quaternary nitrogens is 1. The van der Waals surface area contributed by atoms with Gasteiger partial charge in [0.25, 0.3) is 0 Å². The zero-order chi connectivity index (χ0) is 22.2. The molecule has 4 heteroatoms. The summed E-state index contributed by atoms with van der Waals surface area (Å²) in [6, 6.07) is 20.8. The molecular formula is C27H42ClNO2. The van der Waals surface area contributed by atoms with Crippen molar-refractivity contribution in [3.05, 3.63) is 66.2 Å². The van der Waals surface area contributed by atoms with Gasteiger partial charge in [-0.15, -0.1) is 0 Å². The van der Waals surface area contributed by atoms with Crippen LogP contribution in [0.15, 0.2) is 60.7 Å². The van der Waals surface area contributed by atoms with E-state index in [0.29, 0.717) is 22.9 Å². The lowest BCUT2D eigenvalue weighted by Gasteiger charge is -2.50. The Hall–Kier alpha value is -1.55. The topological polar surface area (TPSA) is 18.5 Å². The minimum atomic E-state index is -0.777. The summed E-state index contributed by atoms with van der Waals surface area (Å²) in [5.41, 5.74) is 1.29. The maximum atomic E-state index is 6.89. The van der Waals surface area contributed by atoms with Gasteiger partial charge in [0.05, 0.1) is 26.6 Å². The normalized spacial score (nSPS) is 13.9. The maximum absolute atomic E-state index is 6.89. The van der Waals surface area contributed by atoms with Crippen molar-refractivity contribution in [2.75, 3.05) is 20.7 Å². The van der Waals surface area contributed by atoms with E-state index in [4.69, 9.17) is 9.47 Å². The molecule has 1 atom stereocenters. The lowest BCUT2D eigenvalue weighted by atomic mass is 9.84. The highest BCUT2D eigenvalue weighted by Gasteiger charge is 2.56. The Balaban J connectivity index is 0.00000480. The third kappa shape index (κ3) is 7.52. The van der Waals surface area contributed by atoms with Crippen molar-refractivity contribution < 1.29 is 26.4 Å². The Bertz CT molecular complexity index is 723. The predicted octanol–water partition coefficient (Wildman–Crippen LogP) is 3.74. The molecular weight excluding hydrogens is 406 g/mol. The molecule has 0 heterocycles. The molecule has 0 radical (unpaired) electrons. The summed E-state index contributed by atoms with van der Waals surface area (Å²) in [4.78, 5) is 0. The van der Waals surface area contributed by atoms with Crippen molar-refractivity contribution >= 4 is 0 Å². The van der Waals surface area contributed by atoms with Gasteiger partial charge in [-0.3, -0.25) is 9.22 Å². The molecule has 0 amide bonds. The fourth-order valence-electron chi connectivity index (χ4n) is 4.57. The van der Waals surface area contributed by atoms with E-state index < -0.39 is 5.91 Å². The fourth-order valence-corrected chi connectivity index (χ4v) is 4.57. The van der Waals surface area contributed by atoms with Gasteiger partial charge in [-0.05, 0) is 43.7 Å². The molecule has 0 aliphatic rings. The van der Waals surface area contributed by atoms with E-state index in [9.17, 15) is 0 Å². The fraction of sp³-hybridized carbons (Fsp3) is 0.556. The summed E-state index contributed by atoms with van der Waals surface area (Å²) in [6.45, 7) is 12.7. The summed E-state index contributed by atoms with van der Waals surface area (Å²) in [6.07, 6.45) is 2.11. The summed E-state index contributed by atoms with van der Waals surface area (Å²) >= 11 is 0. The number of rotatable bonds is 12. The second-order valence-corrected chi connectivity index (χ2v) is 9.76. The van der Waals surface area contributed by atoms with Crippen LogP contribution in [0.2, 0.25) is 0 Å². The molecule has 0 bridgehead atoms. The van der Waals surface area contributed by atoms with Crippen molar-refractivity contribution in [3.63, 3.8) is 0 Å². The Morgan fingerprint density at radius 1 is 0.806 bits per heavy atom. The Labute approximate surface area is 196 Å². The number of ether oxygens (including phenoxy) is 2. The Morgan fingerprint density at radius 3 is 1.74 bits per heavy atom. The first-order chi connectivity index (χ1) is 14.2. The monoisotopic (exact) mass is 447 g/mol. The van der Waals surface area contributed by atoms with E-state index in [-0.39, 0.29) is 18.3 Å². The molecule has 0 spiro atoms. The van der Waals surface area contributed by atoms with Crippen LogP contribution >= 0.6 is 0 Å². The second kappa shape index (κ2) is 12.5. The van der Waals surface area contributed by atoms with Crippen molar-refractivity contribution in [3.8, 4) is 5.75 Å². The zero-order valence-electron chi connectivity index (χ0n) is 20.5. The minimum Gasteiger partial charge on any atom is -1.00 e. The number of nitrogens with zero attached hydrogens (tertiary/aromatic N) is 1. The second-order valence-electron chi connectivity index (χ2n) is 9.76. The van der Waals surface area contributed by atoms with E-state index >= 15 is 0 Å². The van der Waals surface area contributed by atoms with Crippen LogP contribution in [-0.2, 0) is 11.3 Å². The van der Waals surface area contributed by atoms with E-state index in [0.717, 1.165) is 25.1 Å². The molecule has 2 rings (SSSR count). The average molecular weight is 448 g/mol. The van der Waals surface area contributed by atoms with Crippen LogP contribution in [-0.4, -0.2) is 31.1 Å². The molecule has 2 aromatic carbocycles. The SMILES string of the molecule is CCOC(Oc1ccccc1)(C(CC(C)C)CC(C)C)[N+](C)(C)Cc1ccccc1.[Cl-]. The number of hydrogen-bond donors (Lipinski definition) is 0. The largest absolute Gasteiger partial charge is 1.00 e. The molecule has 3 nitrogen and oxygen atoms in total. The molecule has 31 heavy (non-hydrogen) atoms. The molecule has 0 aromatic heterocycles. The van der Waals surface area contributed by atoms with Crippen molar-refractivity contribution in [1.29, 1.82) is 0 Å².